The molecule has 0 unspecified atom stereocenters. The second-order valence-electron chi connectivity index (χ2n) is 8.12. The molecule has 3 heterocycles. The minimum absolute atomic E-state index is 0.132. The molecule has 0 saturated carbocycles. The lowest BCUT2D eigenvalue weighted by Gasteiger charge is -2.12. The predicted molar refractivity (Wildman–Crippen MR) is 132 cm³/mol. The number of fused-ring (bicyclic) bond motifs is 1. The number of hydrogen-bond acceptors (Lipinski definition) is 4. The van der Waals surface area contributed by atoms with Gasteiger partial charge >= 0.3 is 5.56 Å². The van der Waals surface area contributed by atoms with Gasteiger partial charge in [0, 0.05) is 17.3 Å². The van der Waals surface area contributed by atoms with E-state index in [1.54, 1.807) is 53.4 Å². The zero-order valence-corrected chi connectivity index (χ0v) is 20.0. The topological polar surface area (TPSA) is 58.5 Å². The zero-order chi connectivity index (χ0) is 24.0. The van der Waals surface area contributed by atoms with Crippen molar-refractivity contribution in [2.45, 2.75) is 20.4 Å². The molecule has 0 aliphatic rings. The van der Waals surface area contributed by atoms with E-state index in [0.717, 1.165) is 16.0 Å². The molecule has 1 N–H and O–H groups in total. The van der Waals surface area contributed by atoms with Crippen molar-refractivity contribution in [3.05, 3.63) is 104 Å². The third kappa shape index (κ3) is 3.87. The van der Waals surface area contributed by atoms with Gasteiger partial charge in [-0.15, -0.1) is 11.3 Å². The fraction of sp³-hybridized carbons (Fsp3) is 0.115. The van der Waals surface area contributed by atoms with Gasteiger partial charge in [0.1, 0.15) is 12.4 Å². The fourth-order valence-electron chi connectivity index (χ4n) is 4.18. The highest BCUT2D eigenvalue weighted by Crippen LogP contribution is 2.30. The largest absolute Gasteiger partial charge is 0.477 e. The minimum Gasteiger partial charge on any atom is -0.477 e. The molecule has 0 spiro atoms. The summed E-state index contributed by atoms with van der Waals surface area (Å²) in [5.74, 6) is -0.519. The van der Waals surface area contributed by atoms with Crippen LogP contribution in [-0.4, -0.2) is 14.5 Å². The Morgan fingerprint density at radius 1 is 1.12 bits per heavy atom. The average molecular weight is 493 g/mol. The molecule has 2 aromatic carbocycles. The zero-order valence-electron chi connectivity index (χ0n) is 18.4. The Hall–Kier alpha value is -3.55. The van der Waals surface area contributed by atoms with Crippen LogP contribution in [-0.2, 0) is 6.54 Å². The second kappa shape index (κ2) is 8.66. The van der Waals surface area contributed by atoms with Crippen LogP contribution in [0.25, 0.3) is 27.9 Å². The number of aryl methyl sites for hydroxylation is 2. The van der Waals surface area contributed by atoms with Crippen LogP contribution in [0.15, 0.2) is 71.8 Å². The second-order valence-corrected chi connectivity index (χ2v) is 9.82. The van der Waals surface area contributed by atoms with Gasteiger partial charge in [0.05, 0.1) is 11.1 Å². The number of aromatic nitrogens is 3. The van der Waals surface area contributed by atoms with Crippen molar-refractivity contribution in [2.24, 2.45) is 0 Å². The molecule has 3 aromatic heterocycles. The normalized spacial score (nSPS) is 11.3. The van der Waals surface area contributed by atoms with Crippen molar-refractivity contribution in [3.63, 3.8) is 0 Å². The number of rotatable bonds is 4. The summed E-state index contributed by atoms with van der Waals surface area (Å²) in [6.45, 7) is 3.99. The van der Waals surface area contributed by atoms with Crippen LogP contribution in [0, 0.1) is 19.7 Å². The van der Waals surface area contributed by atoms with Gasteiger partial charge < -0.3 is 5.11 Å². The predicted octanol–water partition coefficient (Wildman–Crippen LogP) is 5.54. The number of thiazole rings is 1. The van der Waals surface area contributed by atoms with E-state index in [4.69, 9.17) is 11.6 Å². The molecule has 5 rings (SSSR count). The number of pyridine rings is 1. The van der Waals surface area contributed by atoms with Crippen molar-refractivity contribution >= 4 is 28.6 Å². The number of hydrogen-bond donors (Lipinski definition) is 1. The third-order valence-corrected chi connectivity index (χ3v) is 6.86. The van der Waals surface area contributed by atoms with Crippen LogP contribution in [0.1, 0.15) is 16.0 Å². The molecule has 0 bridgehead atoms. The smallest absolute Gasteiger partial charge is 0.354 e. The molecule has 5 aromatic rings. The van der Waals surface area contributed by atoms with E-state index in [0.29, 0.717) is 26.8 Å². The summed E-state index contributed by atoms with van der Waals surface area (Å²) < 4.78 is 18.3. The summed E-state index contributed by atoms with van der Waals surface area (Å²) in [6, 6.07) is 15.7. The van der Waals surface area contributed by atoms with Gasteiger partial charge in [-0.1, -0.05) is 41.9 Å². The summed E-state index contributed by atoms with van der Waals surface area (Å²) in [6.07, 6.45) is 3.33. The van der Waals surface area contributed by atoms with E-state index in [1.807, 2.05) is 26.0 Å². The van der Waals surface area contributed by atoms with Gasteiger partial charge in [-0.3, -0.25) is 0 Å². The van der Waals surface area contributed by atoms with Crippen molar-refractivity contribution in [3.8, 4) is 28.1 Å². The van der Waals surface area contributed by atoms with E-state index in [2.05, 4.69) is 4.98 Å². The highest BCUT2D eigenvalue weighted by Gasteiger charge is 2.27. The quantitative estimate of drug-likeness (QED) is 0.335. The van der Waals surface area contributed by atoms with Crippen LogP contribution >= 0.6 is 22.9 Å². The molecule has 0 aliphatic carbocycles. The van der Waals surface area contributed by atoms with Crippen molar-refractivity contribution < 1.29 is 14.1 Å². The molecule has 170 valence electrons. The van der Waals surface area contributed by atoms with Crippen LogP contribution in [0.2, 0.25) is 4.47 Å². The highest BCUT2D eigenvalue weighted by atomic mass is 35.5. The number of aromatic hydroxyl groups is 1. The monoisotopic (exact) mass is 492 g/mol. The van der Waals surface area contributed by atoms with Gasteiger partial charge in [-0.05, 0) is 54.8 Å². The van der Waals surface area contributed by atoms with Gasteiger partial charge in [-0.25, -0.2) is 14.2 Å². The van der Waals surface area contributed by atoms with E-state index in [-0.39, 0.29) is 29.4 Å². The lowest BCUT2D eigenvalue weighted by molar-refractivity contribution is -0.671. The van der Waals surface area contributed by atoms with E-state index < -0.39 is 0 Å². The van der Waals surface area contributed by atoms with E-state index >= 15 is 0 Å². The van der Waals surface area contributed by atoms with Crippen molar-refractivity contribution in [1.82, 2.24) is 9.38 Å². The molecule has 0 saturated heterocycles. The number of halogens is 2. The summed E-state index contributed by atoms with van der Waals surface area (Å²) in [5, 5.41) is 11.4. The summed E-state index contributed by atoms with van der Waals surface area (Å²) in [7, 11) is 0. The molecular formula is C26H20ClFN3O2S+. The molecule has 0 amide bonds. The maximum absolute atomic E-state index is 14.7. The Morgan fingerprint density at radius 3 is 2.65 bits per heavy atom. The van der Waals surface area contributed by atoms with E-state index in [9.17, 15) is 14.3 Å². The Morgan fingerprint density at radius 2 is 1.91 bits per heavy atom. The maximum atomic E-state index is 14.7. The standard InChI is InChI=1S/C26H19ClFN3O2S/c1-15-8-9-20(21(28)11-15)17-6-3-7-18(12-17)22-24(32)30-10-4-5-16(2)23(30)31(25(22)33)14-19-13-29-26(27)34-19/h3-13H,14H2,1-2H3/p+1. The molecule has 34 heavy (non-hydrogen) atoms. The van der Waals surface area contributed by atoms with Crippen LogP contribution in [0.4, 0.5) is 4.39 Å². The Kier molecular flexibility index (Phi) is 5.67. The molecule has 5 nitrogen and oxygen atoms in total. The summed E-state index contributed by atoms with van der Waals surface area (Å²) in [4.78, 5) is 18.5. The number of nitrogens with zero attached hydrogens (tertiary/aromatic N) is 3. The lowest BCUT2D eigenvalue weighted by atomic mass is 9.98. The molecule has 0 fully saturated rings. The Labute approximate surface area is 204 Å². The summed E-state index contributed by atoms with van der Waals surface area (Å²) >= 11 is 7.32. The summed E-state index contributed by atoms with van der Waals surface area (Å²) in [5.41, 5.74) is 3.52. The van der Waals surface area contributed by atoms with Crippen LogP contribution in [0.5, 0.6) is 5.88 Å². The Bertz CT molecular complexity index is 1630. The van der Waals surface area contributed by atoms with Crippen molar-refractivity contribution in [2.75, 3.05) is 0 Å². The SMILES string of the molecule is Cc1ccc(-c2cccc(-c3c(O)[n+](Cc4cnc(Cl)s4)c4c(C)cccn4c3=O)c2)c(F)c1. The first-order chi connectivity index (χ1) is 16.3. The third-order valence-electron chi connectivity index (χ3n) is 5.76. The average Bonchev–Trinajstić information content (AvgIpc) is 3.22. The van der Waals surface area contributed by atoms with Crippen LogP contribution in [0.3, 0.4) is 0 Å². The molecule has 8 heteroatoms. The van der Waals surface area contributed by atoms with Crippen molar-refractivity contribution in [1.29, 1.82) is 0 Å². The van der Waals surface area contributed by atoms with Gasteiger partial charge in [0.15, 0.2) is 10.0 Å². The van der Waals surface area contributed by atoms with Crippen LogP contribution < -0.4 is 10.1 Å². The van der Waals surface area contributed by atoms with Gasteiger partial charge in [0.25, 0.3) is 11.5 Å². The lowest BCUT2D eigenvalue weighted by Crippen LogP contribution is -2.41. The fourth-order valence-corrected chi connectivity index (χ4v) is 5.15. The molecular weight excluding hydrogens is 473 g/mol. The molecule has 0 radical (unpaired) electrons. The number of benzene rings is 2. The first-order valence-corrected chi connectivity index (χ1v) is 11.8. The van der Waals surface area contributed by atoms with Gasteiger partial charge in [-0.2, -0.15) is 8.97 Å². The Balaban J connectivity index is 1.76. The minimum atomic E-state index is -0.365. The van der Waals surface area contributed by atoms with E-state index in [1.165, 1.54) is 21.8 Å². The highest BCUT2D eigenvalue weighted by molar-refractivity contribution is 7.15. The molecule has 0 atom stereocenters. The first-order valence-electron chi connectivity index (χ1n) is 10.6. The first kappa shape index (κ1) is 22.3. The maximum Gasteiger partial charge on any atom is 0.354 e. The molecule has 0 aliphatic heterocycles. The van der Waals surface area contributed by atoms with Gasteiger partial charge in [0.2, 0.25) is 0 Å².